The summed E-state index contributed by atoms with van der Waals surface area (Å²) >= 11 is 1.41. The number of anilines is 2. The van der Waals surface area contributed by atoms with E-state index in [1.807, 2.05) is 23.3 Å². The molecule has 33 heavy (non-hydrogen) atoms. The van der Waals surface area contributed by atoms with Gasteiger partial charge in [-0.3, -0.25) is 14.6 Å². The van der Waals surface area contributed by atoms with Crippen LogP contribution in [0.15, 0.2) is 11.4 Å². The molecule has 2 aliphatic rings. The molecule has 2 aromatic heterocycles. The number of thiazole rings is 1. The van der Waals surface area contributed by atoms with Crippen molar-refractivity contribution in [1.29, 1.82) is 5.26 Å². The van der Waals surface area contributed by atoms with Crippen molar-refractivity contribution >= 4 is 28.2 Å². The molecule has 0 spiro atoms. The predicted molar refractivity (Wildman–Crippen MR) is 129 cm³/mol. The minimum absolute atomic E-state index is 0.0120. The number of aromatic nitrogens is 3. The summed E-state index contributed by atoms with van der Waals surface area (Å²) in [6, 6.07) is 4.64. The lowest BCUT2D eigenvalue weighted by atomic mass is 9.97. The summed E-state index contributed by atoms with van der Waals surface area (Å²) in [5, 5.41) is 14.8. The zero-order chi connectivity index (χ0) is 23.4. The van der Waals surface area contributed by atoms with Crippen molar-refractivity contribution in [2.75, 3.05) is 51.1 Å². The highest BCUT2D eigenvalue weighted by Gasteiger charge is 2.26. The first-order valence-electron chi connectivity index (χ1n) is 11.6. The Labute approximate surface area is 199 Å². The molecule has 0 aromatic carbocycles. The molecule has 1 amide bonds. The van der Waals surface area contributed by atoms with Gasteiger partial charge in [0.15, 0.2) is 5.13 Å². The van der Waals surface area contributed by atoms with Gasteiger partial charge in [0, 0.05) is 61.8 Å². The molecule has 1 unspecified atom stereocenters. The van der Waals surface area contributed by atoms with Crippen molar-refractivity contribution in [2.45, 2.75) is 45.6 Å². The lowest BCUT2D eigenvalue weighted by molar-refractivity contribution is 0.0591. The number of piperazine rings is 1. The molecule has 0 bridgehead atoms. The molecule has 10 heteroatoms. The number of carbonyl (C=O) groups excluding carboxylic acids is 1. The Morgan fingerprint density at radius 1 is 1.24 bits per heavy atom. The van der Waals surface area contributed by atoms with Gasteiger partial charge in [0.25, 0.3) is 5.91 Å². The maximum Gasteiger partial charge on any atom is 0.273 e. The van der Waals surface area contributed by atoms with Gasteiger partial charge in [0.1, 0.15) is 17.3 Å². The van der Waals surface area contributed by atoms with Crippen LogP contribution in [0.5, 0.6) is 0 Å². The summed E-state index contributed by atoms with van der Waals surface area (Å²) in [6.45, 7) is 11.8. The van der Waals surface area contributed by atoms with E-state index < -0.39 is 0 Å². The fraction of sp³-hybridized carbons (Fsp3) is 0.609. The minimum Gasteiger partial charge on any atom is -0.335 e. The van der Waals surface area contributed by atoms with E-state index in [4.69, 9.17) is 10.2 Å². The second kappa shape index (κ2) is 10.5. The molecule has 2 fully saturated rings. The summed E-state index contributed by atoms with van der Waals surface area (Å²) in [4.78, 5) is 33.3. The molecule has 4 heterocycles. The maximum atomic E-state index is 12.9. The predicted octanol–water partition coefficient (Wildman–Crippen LogP) is 2.85. The van der Waals surface area contributed by atoms with Crippen LogP contribution in [-0.4, -0.2) is 87.4 Å². The highest BCUT2D eigenvalue weighted by Crippen LogP contribution is 2.27. The van der Waals surface area contributed by atoms with Gasteiger partial charge in [-0.05, 0) is 40.2 Å². The molecule has 4 rings (SSSR count). The molecule has 9 nitrogen and oxygen atoms in total. The van der Waals surface area contributed by atoms with Crippen LogP contribution < -0.4 is 5.32 Å². The van der Waals surface area contributed by atoms with Crippen molar-refractivity contribution < 1.29 is 4.79 Å². The number of hydrogen-bond donors (Lipinski definition) is 1. The van der Waals surface area contributed by atoms with E-state index >= 15 is 0 Å². The third-order valence-corrected chi connectivity index (χ3v) is 7.08. The number of rotatable bonds is 6. The average Bonchev–Trinajstić information content (AvgIpc) is 3.27. The molecule has 2 aliphatic heterocycles. The molecule has 2 saturated heterocycles. The normalized spacial score (nSPS) is 20.1. The average molecular weight is 469 g/mol. The monoisotopic (exact) mass is 468 g/mol. The molecule has 1 atom stereocenters. The lowest BCUT2D eigenvalue weighted by Gasteiger charge is -2.36. The summed E-state index contributed by atoms with van der Waals surface area (Å²) in [5.41, 5.74) is 1.36. The Kier molecular flexibility index (Phi) is 7.53. The van der Waals surface area contributed by atoms with Gasteiger partial charge in [-0.15, -0.1) is 11.3 Å². The molecule has 0 aliphatic carbocycles. The summed E-state index contributed by atoms with van der Waals surface area (Å²) in [7, 11) is 0. The molecule has 0 radical (unpaired) electrons. The van der Waals surface area contributed by atoms with Crippen LogP contribution in [0.1, 0.15) is 54.6 Å². The van der Waals surface area contributed by atoms with E-state index in [1.54, 1.807) is 0 Å². The molecule has 1 N–H and O–H groups in total. The number of nitrogens with zero attached hydrogens (tertiary/aromatic N) is 7. The zero-order valence-electron chi connectivity index (χ0n) is 19.6. The fourth-order valence-corrected chi connectivity index (χ4v) is 5.18. The van der Waals surface area contributed by atoms with Gasteiger partial charge in [0.2, 0.25) is 0 Å². The van der Waals surface area contributed by atoms with Gasteiger partial charge in [-0.2, -0.15) is 5.26 Å². The van der Waals surface area contributed by atoms with E-state index in [9.17, 15) is 4.79 Å². The Balaban J connectivity index is 1.41. The summed E-state index contributed by atoms with van der Waals surface area (Å²) in [5.74, 6) is 1.69. The number of carbonyl (C=O) groups is 1. The zero-order valence-corrected chi connectivity index (χ0v) is 20.4. The van der Waals surface area contributed by atoms with Gasteiger partial charge in [-0.25, -0.2) is 15.0 Å². The van der Waals surface area contributed by atoms with E-state index in [2.05, 4.69) is 45.0 Å². The van der Waals surface area contributed by atoms with Crippen LogP contribution in [0, 0.1) is 18.3 Å². The number of amides is 1. The Bertz CT molecular complexity index is 1010. The van der Waals surface area contributed by atoms with Crippen LogP contribution >= 0.6 is 11.3 Å². The Hall–Kier alpha value is -2.61. The standard InChI is InChI=1S/C23H32N8OS/c1-16(2)30-9-11-31(12-10-30)22(32)19-15-33-23(26-19)28-20-13-17(3)25-21(27-20)18-5-4-7-29(14-18)8-6-24/h13,15-16,18H,4-5,7-12,14H2,1-3H3,(H,25,26,27,28). The van der Waals surface area contributed by atoms with Crippen LogP contribution in [0.4, 0.5) is 10.9 Å². The van der Waals surface area contributed by atoms with E-state index in [0.29, 0.717) is 29.2 Å². The molecule has 2 aromatic rings. The van der Waals surface area contributed by atoms with Crippen molar-refractivity contribution in [3.63, 3.8) is 0 Å². The van der Waals surface area contributed by atoms with Crippen molar-refractivity contribution in [2.24, 2.45) is 0 Å². The highest BCUT2D eigenvalue weighted by molar-refractivity contribution is 7.14. The first-order chi connectivity index (χ1) is 15.9. The second-order valence-corrected chi connectivity index (χ2v) is 9.93. The third kappa shape index (κ3) is 5.85. The lowest BCUT2D eigenvalue weighted by Crippen LogP contribution is -2.50. The number of nitrogens with one attached hydrogen (secondary N) is 1. The quantitative estimate of drug-likeness (QED) is 0.646. The van der Waals surface area contributed by atoms with E-state index in [-0.39, 0.29) is 11.8 Å². The van der Waals surface area contributed by atoms with Crippen molar-refractivity contribution in [1.82, 2.24) is 29.7 Å². The Morgan fingerprint density at radius 3 is 2.76 bits per heavy atom. The topological polar surface area (TPSA) is 101 Å². The van der Waals surface area contributed by atoms with Gasteiger partial charge < -0.3 is 10.2 Å². The SMILES string of the molecule is Cc1cc(Nc2nc(C(=O)N3CCN(C(C)C)CC3)cs2)nc(C2CCCN(CC#N)C2)n1. The molecular formula is C23H32N8OS. The van der Waals surface area contributed by atoms with Gasteiger partial charge >= 0.3 is 0 Å². The Morgan fingerprint density at radius 2 is 2.03 bits per heavy atom. The maximum absolute atomic E-state index is 12.9. The number of hydrogen-bond acceptors (Lipinski definition) is 9. The smallest absolute Gasteiger partial charge is 0.273 e. The first-order valence-corrected chi connectivity index (χ1v) is 12.5. The fourth-order valence-electron chi connectivity index (χ4n) is 4.49. The number of nitriles is 1. The summed E-state index contributed by atoms with van der Waals surface area (Å²) < 4.78 is 0. The number of aryl methyl sites for hydroxylation is 1. The van der Waals surface area contributed by atoms with Crippen LogP contribution in [-0.2, 0) is 0 Å². The van der Waals surface area contributed by atoms with Crippen LogP contribution in [0.3, 0.4) is 0 Å². The molecule has 176 valence electrons. The molecule has 0 saturated carbocycles. The van der Waals surface area contributed by atoms with E-state index in [0.717, 1.165) is 63.6 Å². The number of piperidine rings is 1. The second-order valence-electron chi connectivity index (χ2n) is 9.07. The van der Waals surface area contributed by atoms with Crippen molar-refractivity contribution in [3.8, 4) is 6.07 Å². The van der Waals surface area contributed by atoms with Gasteiger partial charge in [-0.1, -0.05) is 0 Å². The van der Waals surface area contributed by atoms with E-state index in [1.165, 1.54) is 11.3 Å². The summed E-state index contributed by atoms with van der Waals surface area (Å²) in [6.07, 6.45) is 2.06. The van der Waals surface area contributed by atoms with Crippen LogP contribution in [0.25, 0.3) is 0 Å². The van der Waals surface area contributed by atoms with Gasteiger partial charge in [0.05, 0.1) is 12.6 Å². The third-order valence-electron chi connectivity index (χ3n) is 6.33. The number of likely N-dealkylation sites (tertiary alicyclic amines) is 1. The molecular weight excluding hydrogens is 436 g/mol. The highest BCUT2D eigenvalue weighted by atomic mass is 32.1. The van der Waals surface area contributed by atoms with Crippen LogP contribution in [0.2, 0.25) is 0 Å². The largest absolute Gasteiger partial charge is 0.335 e. The minimum atomic E-state index is -0.0120. The van der Waals surface area contributed by atoms with Crippen molar-refractivity contribution in [3.05, 3.63) is 28.7 Å². The first kappa shape index (κ1) is 23.5.